The van der Waals surface area contributed by atoms with Crippen molar-refractivity contribution >= 4 is 35.0 Å². The second-order valence-electron chi connectivity index (χ2n) is 5.40. The maximum Gasteiger partial charge on any atom is 0.234 e. The smallest absolute Gasteiger partial charge is 0.234 e. The highest BCUT2D eigenvalue weighted by molar-refractivity contribution is 7.99. The van der Waals surface area contributed by atoms with Crippen LogP contribution in [-0.2, 0) is 11.8 Å². The lowest BCUT2D eigenvalue weighted by Crippen LogP contribution is -2.14. The number of thioether (sulfide) groups is 1. The predicted octanol–water partition coefficient (Wildman–Crippen LogP) is 3.57. The molecule has 6 nitrogen and oxygen atoms in total. The number of pyridine rings is 1. The minimum Gasteiger partial charge on any atom is -0.325 e. The number of carbonyl (C=O) groups is 1. The van der Waals surface area contributed by atoms with Crippen molar-refractivity contribution in [3.8, 4) is 11.4 Å². The van der Waals surface area contributed by atoms with Crippen molar-refractivity contribution in [1.82, 2.24) is 19.7 Å². The Morgan fingerprint density at radius 1 is 1.24 bits per heavy atom. The molecule has 0 spiro atoms. The molecule has 0 unspecified atom stereocenters. The van der Waals surface area contributed by atoms with E-state index in [9.17, 15) is 4.79 Å². The van der Waals surface area contributed by atoms with Gasteiger partial charge in [-0.05, 0) is 36.8 Å². The second kappa shape index (κ2) is 7.67. The first-order valence-corrected chi connectivity index (χ1v) is 8.89. The summed E-state index contributed by atoms with van der Waals surface area (Å²) >= 11 is 7.40. The van der Waals surface area contributed by atoms with Gasteiger partial charge in [-0.1, -0.05) is 29.4 Å². The lowest BCUT2D eigenvalue weighted by Gasteiger charge is -2.07. The highest BCUT2D eigenvalue weighted by atomic mass is 35.5. The Bertz CT molecular complexity index is 897. The van der Waals surface area contributed by atoms with Gasteiger partial charge in [0.15, 0.2) is 11.0 Å². The Labute approximate surface area is 154 Å². The summed E-state index contributed by atoms with van der Waals surface area (Å²) in [5.74, 6) is 0.836. The predicted molar refractivity (Wildman–Crippen MR) is 99.8 cm³/mol. The van der Waals surface area contributed by atoms with Gasteiger partial charge < -0.3 is 9.88 Å². The molecule has 2 aromatic heterocycles. The number of hydrogen-bond donors (Lipinski definition) is 1. The summed E-state index contributed by atoms with van der Waals surface area (Å²) in [5, 5.41) is 12.5. The van der Waals surface area contributed by atoms with Gasteiger partial charge in [0.1, 0.15) is 0 Å². The van der Waals surface area contributed by atoms with Crippen molar-refractivity contribution in [3.05, 3.63) is 53.3 Å². The zero-order valence-electron chi connectivity index (χ0n) is 13.7. The van der Waals surface area contributed by atoms with Crippen molar-refractivity contribution in [2.75, 3.05) is 11.1 Å². The second-order valence-corrected chi connectivity index (χ2v) is 6.75. The molecule has 128 valence electrons. The number of carbonyl (C=O) groups excluding carboxylic acids is 1. The van der Waals surface area contributed by atoms with Crippen molar-refractivity contribution in [2.45, 2.75) is 12.1 Å². The number of aromatic nitrogens is 4. The van der Waals surface area contributed by atoms with Crippen LogP contribution in [-0.4, -0.2) is 31.4 Å². The summed E-state index contributed by atoms with van der Waals surface area (Å²) in [6, 6.07) is 9.17. The van der Waals surface area contributed by atoms with Crippen molar-refractivity contribution in [2.24, 2.45) is 7.05 Å². The monoisotopic (exact) mass is 373 g/mol. The van der Waals surface area contributed by atoms with E-state index in [0.29, 0.717) is 15.9 Å². The van der Waals surface area contributed by atoms with Gasteiger partial charge in [0, 0.05) is 35.7 Å². The van der Waals surface area contributed by atoms with Gasteiger partial charge in [-0.2, -0.15) is 0 Å². The van der Waals surface area contributed by atoms with Crippen molar-refractivity contribution in [3.63, 3.8) is 0 Å². The molecule has 25 heavy (non-hydrogen) atoms. The molecule has 0 saturated carbocycles. The van der Waals surface area contributed by atoms with E-state index in [2.05, 4.69) is 20.5 Å². The fourth-order valence-electron chi connectivity index (χ4n) is 2.19. The third kappa shape index (κ3) is 4.18. The molecule has 8 heteroatoms. The number of amides is 1. The largest absolute Gasteiger partial charge is 0.325 e. The van der Waals surface area contributed by atoms with Crippen LogP contribution < -0.4 is 5.32 Å². The van der Waals surface area contributed by atoms with Gasteiger partial charge in [-0.15, -0.1) is 10.2 Å². The molecule has 3 rings (SSSR count). The molecule has 0 aliphatic carbocycles. The van der Waals surface area contributed by atoms with E-state index in [0.717, 1.165) is 17.0 Å². The molecular formula is C17H16ClN5OS. The third-order valence-corrected chi connectivity index (χ3v) is 4.99. The number of nitrogens with one attached hydrogen (secondary N) is 1. The highest BCUT2D eigenvalue weighted by Crippen LogP contribution is 2.23. The molecule has 0 aliphatic rings. The summed E-state index contributed by atoms with van der Waals surface area (Å²) < 4.78 is 1.86. The van der Waals surface area contributed by atoms with Crippen LogP contribution in [0, 0.1) is 6.92 Å². The normalized spacial score (nSPS) is 10.7. The molecule has 1 N–H and O–H groups in total. The molecule has 1 amide bonds. The van der Waals surface area contributed by atoms with Crippen LogP contribution in [0.25, 0.3) is 11.4 Å². The van der Waals surface area contributed by atoms with Crippen LogP contribution in [0.5, 0.6) is 0 Å². The molecule has 0 bridgehead atoms. The number of benzene rings is 1. The average molecular weight is 374 g/mol. The first-order chi connectivity index (χ1) is 12.0. The van der Waals surface area contributed by atoms with E-state index < -0.39 is 0 Å². The van der Waals surface area contributed by atoms with Crippen LogP contribution in [0.3, 0.4) is 0 Å². The molecule has 3 aromatic rings. The Hall–Kier alpha value is -2.38. The lowest BCUT2D eigenvalue weighted by atomic mass is 10.2. The molecule has 0 aliphatic heterocycles. The lowest BCUT2D eigenvalue weighted by molar-refractivity contribution is -0.113. The Morgan fingerprint density at radius 3 is 2.72 bits per heavy atom. The summed E-state index contributed by atoms with van der Waals surface area (Å²) in [7, 11) is 1.87. The average Bonchev–Trinajstić information content (AvgIpc) is 2.98. The fraction of sp³-hybridized carbons (Fsp3) is 0.176. The number of aryl methyl sites for hydroxylation is 1. The Kier molecular flexibility index (Phi) is 5.35. The van der Waals surface area contributed by atoms with Crippen LogP contribution in [0.15, 0.2) is 47.9 Å². The Balaban J connectivity index is 1.63. The minimum absolute atomic E-state index is 0.126. The maximum absolute atomic E-state index is 12.1. The SMILES string of the molecule is Cc1ccc(NC(=O)CSc2nnc(-c3ccncc3)n2C)cc1Cl. The number of halogens is 1. The quantitative estimate of drug-likeness (QED) is 0.692. The van der Waals surface area contributed by atoms with E-state index in [1.165, 1.54) is 11.8 Å². The number of anilines is 1. The van der Waals surface area contributed by atoms with Gasteiger partial charge in [0.2, 0.25) is 5.91 Å². The topological polar surface area (TPSA) is 72.7 Å². The molecule has 2 heterocycles. The number of rotatable bonds is 5. The summed E-state index contributed by atoms with van der Waals surface area (Å²) in [6.45, 7) is 1.91. The minimum atomic E-state index is -0.126. The summed E-state index contributed by atoms with van der Waals surface area (Å²) in [5.41, 5.74) is 2.57. The van der Waals surface area contributed by atoms with Crippen LogP contribution in [0.4, 0.5) is 5.69 Å². The molecular weight excluding hydrogens is 358 g/mol. The van der Waals surface area contributed by atoms with Gasteiger partial charge in [0.05, 0.1) is 5.75 Å². The van der Waals surface area contributed by atoms with E-state index in [-0.39, 0.29) is 11.7 Å². The van der Waals surface area contributed by atoms with E-state index in [1.54, 1.807) is 18.5 Å². The fourth-order valence-corrected chi connectivity index (χ4v) is 3.08. The van der Waals surface area contributed by atoms with Gasteiger partial charge in [-0.3, -0.25) is 9.78 Å². The van der Waals surface area contributed by atoms with E-state index in [1.807, 2.05) is 42.8 Å². The van der Waals surface area contributed by atoms with Crippen LogP contribution in [0.1, 0.15) is 5.56 Å². The van der Waals surface area contributed by atoms with E-state index >= 15 is 0 Å². The van der Waals surface area contributed by atoms with Gasteiger partial charge in [0.25, 0.3) is 0 Å². The standard InChI is InChI=1S/C17H16ClN5OS/c1-11-3-4-13(9-14(11)18)20-15(24)10-25-17-22-21-16(23(17)2)12-5-7-19-8-6-12/h3-9H,10H2,1-2H3,(H,20,24). The van der Waals surface area contributed by atoms with Gasteiger partial charge >= 0.3 is 0 Å². The van der Waals surface area contributed by atoms with Crippen LogP contribution >= 0.6 is 23.4 Å². The van der Waals surface area contributed by atoms with Crippen LogP contribution in [0.2, 0.25) is 5.02 Å². The summed E-state index contributed by atoms with van der Waals surface area (Å²) in [6.07, 6.45) is 3.41. The summed E-state index contributed by atoms with van der Waals surface area (Å²) in [4.78, 5) is 16.1. The molecule has 0 radical (unpaired) electrons. The zero-order chi connectivity index (χ0) is 17.8. The molecule has 0 fully saturated rings. The number of hydrogen-bond acceptors (Lipinski definition) is 5. The Morgan fingerprint density at radius 2 is 2.00 bits per heavy atom. The molecule has 1 aromatic carbocycles. The van der Waals surface area contributed by atoms with Gasteiger partial charge in [-0.25, -0.2) is 0 Å². The first-order valence-electron chi connectivity index (χ1n) is 7.53. The third-order valence-electron chi connectivity index (χ3n) is 3.56. The molecule has 0 saturated heterocycles. The number of nitrogens with zero attached hydrogens (tertiary/aromatic N) is 4. The maximum atomic E-state index is 12.1. The first kappa shape index (κ1) is 17.4. The van der Waals surface area contributed by atoms with Crippen molar-refractivity contribution < 1.29 is 4.79 Å². The molecule has 0 atom stereocenters. The zero-order valence-corrected chi connectivity index (χ0v) is 15.3. The van der Waals surface area contributed by atoms with E-state index in [4.69, 9.17) is 11.6 Å². The van der Waals surface area contributed by atoms with Crippen molar-refractivity contribution in [1.29, 1.82) is 0 Å². The highest BCUT2D eigenvalue weighted by Gasteiger charge is 2.13.